The number of rotatable bonds is 4. The van der Waals surface area contributed by atoms with Crippen molar-refractivity contribution in [3.63, 3.8) is 0 Å². The molecule has 0 aliphatic carbocycles. The summed E-state index contributed by atoms with van der Waals surface area (Å²) in [6.07, 6.45) is -3.53. The fourth-order valence-electron chi connectivity index (χ4n) is 3.29. The summed E-state index contributed by atoms with van der Waals surface area (Å²) in [5, 5.41) is 0. The van der Waals surface area contributed by atoms with Crippen molar-refractivity contribution in [2.75, 3.05) is 0 Å². The number of amides is 1. The van der Waals surface area contributed by atoms with Crippen LogP contribution >= 0.6 is 0 Å². The molecule has 0 bridgehead atoms. The second kappa shape index (κ2) is 7.70. The molecule has 1 aliphatic heterocycles. The van der Waals surface area contributed by atoms with Crippen LogP contribution in [-0.4, -0.2) is 22.3 Å². The molecular formula is C22H17F3N2O3. The molecule has 1 aromatic heterocycles. The van der Waals surface area contributed by atoms with E-state index in [4.69, 9.17) is 4.74 Å². The molecule has 154 valence electrons. The van der Waals surface area contributed by atoms with Crippen LogP contribution in [0.5, 0.6) is 11.5 Å². The second-order valence-electron chi connectivity index (χ2n) is 6.90. The van der Waals surface area contributed by atoms with Gasteiger partial charge in [0, 0.05) is 11.8 Å². The SMILES string of the molecule is Cc1cc(-c2ccc3c(c2)CN(Cc2ccccn2)C(=O)O3)ccc1OC(F)(F)F. The van der Waals surface area contributed by atoms with E-state index in [-0.39, 0.29) is 5.75 Å². The maximum absolute atomic E-state index is 12.5. The van der Waals surface area contributed by atoms with Gasteiger partial charge in [0.1, 0.15) is 11.5 Å². The zero-order valence-corrected chi connectivity index (χ0v) is 15.9. The molecule has 3 aromatic rings. The van der Waals surface area contributed by atoms with Crippen LogP contribution < -0.4 is 9.47 Å². The fourth-order valence-corrected chi connectivity index (χ4v) is 3.29. The van der Waals surface area contributed by atoms with Crippen LogP contribution in [0.3, 0.4) is 0 Å². The molecular weight excluding hydrogens is 397 g/mol. The lowest BCUT2D eigenvalue weighted by atomic mass is 9.99. The van der Waals surface area contributed by atoms with E-state index in [2.05, 4.69) is 9.72 Å². The van der Waals surface area contributed by atoms with E-state index in [1.807, 2.05) is 18.2 Å². The lowest BCUT2D eigenvalue weighted by Crippen LogP contribution is -2.36. The van der Waals surface area contributed by atoms with Gasteiger partial charge in [-0.25, -0.2) is 4.79 Å². The molecule has 4 rings (SSSR count). The third-order valence-electron chi connectivity index (χ3n) is 4.69. The monoisotopic (exact) mass is 414 g/mol. The number of fused-ring (bicyclic) bond motifs is 1. The van der Waals surface area contributed by atoms with E-state index in [0.717, 1.165) is 22.4 Å². The molecule has 1 aliphatic rings. The Labute approximate surface area is 170 Å². The topological polar surface area (TPSA) is 51.7 Å². The largest absolute Gasteiger partial charge is 0.573 e. The summed E-state index contributed by atoms with van der Waals surface area (Å²) in [5.41, 5.74) is 3.44. The van der Waals surface area contributed by atoms with E-state index in [9.17, 15) is 18.0 Å². The Morgan fingerprint density at radius 1 is 1.10 bits per heavy atom. The van der Waals surface area contributed by atoms with E-state index >= 15 is 0 Å². The highest BCUT2D eigenvalue weighted by Crippen LogP contribution is 2.34. The molecule has 0 unspecified atom stereocenters. The molecule has 0 radical (unpaired) electrons. The van der Waals surface area contributed by atoms with Crippen LogP contribution in [0, 0.1) is 6.92 Å². The highest BCUT2D eigenvalue weighted by molar-refractivity contribution is 5.75. The number of benzene rings is 2. The molecule has 0 saturated heterocycles. The van der Waals surface area contributed by atoms with Crippen molar-refractivity contribution in [1.82, 2.24) is 9.88 Å². The first-order valence-corrected chi connectivity index (χ1v) is 9.15. The maximum atomic E-state index is 12.5. The number of hydrogen-bond acceptors (Lipinski definition) is 4. The van der Waals surface area contributed by atoms with E-state index in [1.54, 1.807) is 48.4 Å². The van der Waals surface area contributed by atoms with Gasteiger partial charge in [0.15, 0.2) is 0 Å². The van der Waals surface area contributed by atoms with Crippen LogP contribution in [0.4, 0.5) is 18.0 Å². The third-order valence-corrected chi connectivity index (χ3v) is 4.69. The van der Waals surface area contributed by atoms with Gasteiger partial charge in [0.05, 0.1) is 18.8 Å². The number of carbonyl (C=O) groups excluding carboxylic acids is 1. The molecule has 1 amide bonds. The van der Waals surface area contributed by atoms with Crippen LogP contribution in [0.1, 0.15) is 16.8 Å². The summed E-state index contributed by atoms with van der Waals surface area (Å²) < 4.78 is 46.9. The first kappa shape index (κ1) is 19.8. The van der Waals surface area contributed by atoms with E-state index < -0.39 is 12.5 Å². The van der Waals surface area contributed by atoms with Crippen LogP contribution in [0.2, 0.25) is 0 Å². The van der Waals surface area contributed by atoms with Crippen LogP contribution in [0.15, 0.2) is 60.8 Å². The number of carbonyl (C=O) groups is 1. The van der Waals surface area contributed by atoms with E-state index in [0.29, 0.717) is 24.4 Å². The van der Waals surface area contributed by atoms with Crippen molar-refractivity contribution < 1.29 is 27.4 Å². The lowest BCUT2D eigenvalue weighted by Gasteiger charge is -2.28. The van der Waals surface area contributed by atoms with Gasteiger partial charge < -0.3 is 9.47 Å². The van der Waals surface area contributed by atoms with Gasteiger partial charge in [-0.3, -0.25) is 9.88 Å². The highest BCUT2D eigenvalue weighted by Gasteiger charge is 2.31. The van der Waals surface area contributed by atoms with Crippen LogP contribution in [0.25, 0.3) is 11.1 Å². The first-order valence-electron chi connectivity index (χ1n) is 9.15. The number of ether oxygens (including phenoxy) is 2. The Morgan fingerprint density at radius 2 is 1.87 bits per heavy atom. The Hall–Kier alpha value is -3.55. The van der Waals surface area contributed by atoms with Gasteiger partial charge >= 0.3 is 12.5 Å². The zero-order valence-electron chi connectivity index (χ0n) is 15.9. The van der Waals surface area contributed by atoms with Gasteiger partial charge in [-0.1, -0.05) is 18.2 Å². The maximum Gasteiger partial charge on any atom is 0.573 e. The number of alkyl halides is 3. The molecule has 8 heteroatoms. The number of aromatic nitrogens is 1. The van der Waals surface area contributed by atoms with Crippen molar-refractivity contribution in [3.05, 3.63) is 77.6 Å². The van der Waals surface area contributed by atoms with E-state index in [1.165, 1.54) is 6.07 Å². The molecule has 5 nitrogen and oxygen atoms in total. The summed E-state index contributed by atoms with van der Waals surface area (Å²) in [6, 6.07) is 15.3. The summed E-state index contributed by atoms with van der Waals surface area (Å²) in [7, 11) is 0. The average Bonchev–Trinajstić information content (AvgIpc) is 2.70. The molecule has 0 saturated carbocycles. The minimum Gasteiger partial charge on any atom is -0.410 e. The second-order valence-corrected chi connectivity index (χ2v) is 6.90. The Kier molecular flexibility index (Phi) is 5.07. The van der Waals surface area contributed by atoms with Gasteiger partial charge in [-0.2, -0.15) is 0 Å². The Balaban J connectivity index is 1.58. The predicted octanol–water partition coefficient (Wildman–Crippen LogP) is 5.47. The average molecular weight is 414 g/mol. The Bertz CT molecular complexity index is 1080. The minimum absolute atomic E-state index is 0.236. The molecule has 0 atom stereocenters. The van der Waals surface area contributed by atoms with Crippen molar-refractivity contribution >= 4 is 6.09 Å². The standard InChI is InChI=1S/C22H17F3N2O3/c1-14-10-15(5-7-19(14)30-22(23,24)25)16-6-8-20-17(11-16)12-27(21(28)29-20)13-18-4-2-3-9-26-18/h2-11H,12-13H2,1H3. The molecule has 0 spiro atoms. The number of nitrogens with zero attached hydrogens (tertiary/aromatic N) is 2. The quantitative estimate of drug-likeness (QED) is 0.568. The van der Waals surface area contributed by atoms with Crippen molar-refractivity contribution in [3.8, 4) is 22.6 Å². The fraction of sp³-hybridized carbons (Fsp3) is 0.182. The zero-order chi connectivity index (χ0) is 21.3. The third kappa shape index (κ3) is 4.37. The smallest absolute Gasteiger partial charge is 0.410 e. The van der Waals surface area contributed by atoms with Crippen molar-refractivity contribution in [1.29, 1.82) is 0 Å². The Morgan fingerprint density at radius 3 is 2.57 bits per heavy atom. The normalized spacial score (nSPS) is 13.6. The minimum atomic E-state index is -4.74. The van der Waals surface area contributed by atoms with Gasteiger partial charge in [-0.15, -0.1) is 13.2 Å². The summed E-state index contributed by atoms with van der Waals surface area (Å²) in [6.45, 7) is 2.21. The summed E-state index contributed by atoms with van der Waals surface area (Å²) in [5.74, 6) is 0.231. The number of halogens is 3. The predicted molar refractivity (Wildman–Crippen MR) is 103 cm³/mol. The lowest BCUT2D eigenvalue weighted by molar-refractivity contribution is -0.274. The summed E-state index contributed by atoms with van der Waals surface area (Å²) in [4.78, 5) is 18.1. The molecule has 0 N–H and O–H groups in total. The van der Waals surface area contributed by atoms with Crippen molar-refractivity contribution in [2.24, 2.45) is 0 Å². The molecule has 2 aromatic carbocycles. The van der Waals surface area contributed by atoms with Crippen LogP contribution in [-0.2, 0) is 13.1 Å². The number of pyridine rings is 1. The molecule has 30 heavy (non-hydrogen) atoms. The number of aryl methyl sites for hydroxylation is 1. The van der Waals surface area contributed by atoms with Gasteiger partial charge in [0.25, 0.3) is 0 Å². The first-order chi connectivity index (χ1) is 14.3. The van der Waals surface area contributed by atoms with Gasteiger partial charge in [-0.05, 0) is 60.0 Å². The highest BCUT2D eigenvalue weighted by atomic mass is 19.4. The van der Waals surface area contributed by atoms with Gasteiger partial charge in [0.2, 0.25) is 0 Å². The molecule has 2 heterocycles. The molecule has 0 fully saturated rings. The number of hydrogen-bond donors (Lipinski definition) is 0. The van der Waals surface area contributed by atoms with Crippen molar-refractivity contribution in [2.45, 2.75) is 26.4 Å². The summed E-state index contributed by atoms with van der Waals surface area (Å²) >= 11 is 0.